The van der Waals surface area contributed by atoms with E-state index in [9.17, 15) is 0 Å². The molecule has 1 aromatic heterocycles. The maximum absolute atomic E-state index is 2.41. The molecule has 0 unspecified atom stereocenters. The summed E-state index contributed by atoms with van der Waals surface area (Å²) in [5, 5.41) is 2.52. The maximum atomic E-state index is 2.41. The lowest BCUT2D eigenvalue weighted by molar-refractivity contribution is 1.18. The average molecular weight is 715 g/mol. The third kappa shape index (κ3) is 6.04. The second-order valence-corrected chi connectivity index (χ2v) is 14.1. The monoisotopic (exact) mass is 714 g/mol. The van der Waals surface area contributed by atoms with E-state index in [0.29, 0.717) is 0 Å². The Hall–Kier alpha value is -7.42. The van der Waals surface area contributed by atoms with Crippen LogP contribution in [0.25, 0.3) is 72.0 Å². The number of fused-ring (bicyclic) bond motifs is 3. The Balaban J connectivity index is 1.07. The Kier molecular flexibility index (Phi) is 8.55. The van der Waals surface area contributed by atoms with Gasteiger partial charge in [0.05, 0.1) is 16.7 Å². The van der Waals surface area contributed by atoms with Crippen LogP contribution in [0.3, 0.4) is 0 Å². The zero-order valence-electron chi connectivity index (χ0n) is 30.8. The SMILES string of the molecule is c1ccc(-c2cccc(N(c3ccc(-c4ccccc4-c4ccccc4)cc3)c3ccc(-c4ccccc4-n4c5ccccc5c5ccccc54)cc3)c2)cc1. The summed E-state index contributed by atoms with van der Waals surface area (Å²) >= 11 is 0. The summed E-state index contributed by atoms with van der Waals surface area (Å²) < 4.78 is 2.41. The normalized spacial score (nSPS) is 11.2. The number of benzene rings is 9. The number of para-hydroxylation sites is 3. The molecule has 0 aliphatic rings. The molecular weight excluding hydrogens is 677 g/mol. The first-order valence-corrected chi connectivity index (χ1v) is 19.2. The molecule has 2 nitrogen and oxygen atoms in total. The van der Waals surface area contributed by atoms with Crippen LogP contribution in [0.5, 0.6) is 0 Å². The number of rotatable bonds is 8. The molecule has 0 N–H and O–H groups in total. The molecule has 0 aliphatic heterocycles. The molecule has 0 atom stereocenters. The van der Waals surface area contributed by atoms with Crippen LogP contribution in [0.1, 0.15) is 0 Å². The fourth-order valence-corrected chi connectivity index (χ4v) is 8.18. The van der Waals surface area contributed by atoms with Crippen LogP contribution in [0.2, 0.25) is 0 Å². The lowest BCUT2D eigenvalue weighted by Crippen LogP contribution is -2.10. The molecule has 56 heavy (non-hydrogen) atoms. The number of hydrogen-bond acceptors (Lipinski definition) is 1. The number of aromatic nitrogens is 1. The summed E-state index contributed by atoms with van der Waals surface area (Å²) in [6, 6.07) is 83.0. The fourth-order valence-electron chi connectivity index (χ4n) is 8.18. The molecule has 1 heterocycles. The van der Waals surface area contributed by atoms with Crippen molar-refractivity contribution in [2.24, 2.45) is 0 Å². The van der Waals surface area contributed by atoms with Crippen molar-refractivity contribution < 1.29 is 0 Å². The molecule has 0 aliphatic carbocycles. The Bertz CT molecular complexity index is 2890. The summed E-state index contributed by atoms with van der Waals surface area (Å²) in [5.74, 6) is 0. The van der Waals surface area contributed by atoms with E-state index in [1.54, 1.807) is 0 Å². The average Bonchev–Trinajstić information content (AvgIpc) is 3.62. The van der Waals surface area contributed by atoms with Gasteiger partial charge in [-0.25, -0.2) is 0 Å². The predicted octanol–water partition coefficient (Wildman–Crippen LogP) is 14.9. The van der Waals surface area contributed by atoms with Crippen LogP contribution >= 0.6 is 0 Å². The fraction of sp³-hybridized carbons (Fsp3) is 0. The standard InChI is InChI=1S/C54H38N2/c1-3-16-39(17-4-1)43-20-15-21-46(38-43)55(44-34-30-41(31-35-44)48-23-8-7-22-47(48)40-18-5-2-6-19-40)45-36-32-42(33-37-45)49-24-9-12-27-52(49)56-53-28-13-10-25-50(53)51-26-11-14-29-54(51)56/h1-38H. The van der Waals surface area contributed by atoms with Crippen molar-refractivity contribution in [2.75, 3.05) is 4.90 Å². The van der Waals surface area contributed by atoms with Gasteiger partial charge in [0.1, 0.15) is 0 Å². The highest BCUT2D eigenvalue weighted by Gasteiger charge is 2.18. The van der Waals surface area contributed by atoms with E-state index in [-0.39, 0.29) is 0 Å². The van der Waals surface area contributed by atoms with Crippen LogP contribution in [0.4, 0.5) is 17.1 Å². The summed E-state index contributed by atoms with van der Waals surface area (Å²) in [7, 11) is 0. The Labute approximate surface area is 327 Å². The third-order valence-electron chi connectivity index (χ3n) is 10.8. The van der Waals surface area contributed by atoms with Crippen LogP contribution in [0.15, 0.2) is 231 Å². The smallest absolute Gasteiger partial charge is 0.0541 e. The summed E-state index contributed by atoms with van der Waals surface area (Å²) in [6.45, 7) is 0. The van der Waals surface area contributed by atoms with Crippen molar-refractivity contribution in [3.63, 3.8) is 0 Å². The van der Waals surface area contributed by atoms with E-state index >= 15 is 0 Å². The Morgan fingerprint density at radius 3 is 1.29 bits per heavy atom. The van der Waals surface area contributed by atoms with Crippen molar-refractivity contribution >= 4 is 38.9 Å². The van der Waals surface area contributed by atoms with Gasteiger partial charge < -0.3 is 9.47 Å². The van der Waals surface area contributed by atoms with E-state index in [4.69, 9.17) is 0 Å². The van der Waals surface area contributed by atoms with Gasteiger partial charge in [0.25, 0.3) is 0 Å². The second-order valence-electron chi connectivity index (χ2n) is 14.1. The largest absolute Gasteiger partial charge is 0.310 e. The number of hydrogen-bond donors (Lipinski definition) is 0. The molecule has 0 saturated carbocycles. The highest BCUT2D eigenvalue weighted by Crippen LogP contribution is 2.41. The topological polar surface area (TPSA) is 8.17 Å². The van der Waals surface area contributed by atoms with E-state index in [2.05, 4.69) is 240 Å². The molecule has 0 bridgehead atoms. The summed E-state index contributed by atoms with van der Waals surface area (Å²) in [6.07, 6.45) is 0. The van der Waals surface area contributed by atoms with Gasteiger partial charge in [-0.3, -0.25) is 0 Å². The first-order valence-electron chi connectivity index (χ1n) is 19.2. The van der Waals surface area contributed by atoms with E-state index in [0.717, 1.165) is 28.3 Å². The van der Waals surface area contributed by atoms with E-state index in [1.807, 2.05) is 0 Å². The molecule has 0 amide bonds. The van der Waals surface area contributed by atoms with Gasteiger partial charge >= 0.3 is 0 Å². The highest BCUT2D eigenvalue weighted by molar-refractivity contribution is 6.09. The second kappa shape index (κ2) is 14.4. The minimum atomic E-state index is 1.09. The van der Waals surface area contributed by atoms with Gasteiger partial charge in [-0.2, -0.15) is 0 Å². The number of nitrogens with zero attached hydrogens (tertiary/aromatic N) is 2. The minimum Gasteiger partial charge on any atom is -0.310 e. The molecule has 0 spiro atoms. The van der Waals surface area contributed by atoms with E-state index < -0.39 is 0 Å². The zero-order chi connectivity index (χ0) is 37.3. The zero-order valence-corrected chi connectivity index (χ0v) is 30.8. The predicted molar refractivity (Wildman–Crippen MR) is 237 cm³/mol. The molecular formula is C54H38N2. The van der Waals surface area contributed by atoms with Crippen LogP contribution < -0.4 is 4.90 Å². The van der Waals surface area contributed by atoms with Gasteiger partial charge in [0.2, 0.25) is 0 Å². The van der Waals surface area contributed by atoms with Crippen molar-refractivity contribution in [3.05, 3.63) is 231 Å². The van der Waals surface area contributed by atoms with Crippen LogP contribution in [-0.2, 0) is 0 Å². The summed E-state index contributed by atoms with van der Waals surface area (Å²) in [5.41, 5.74) is 16.4. The van der Waals surface area contributed by atoms with Crippen LogP contribution in [0, 0.1) is 0 Å². The summed E-state index contributed by atoms with van der Waals surface area (Å²) in [4.78, 5) is 2.36. The third-order valence-corrected chi connectivity index (χ3v) is 10.8. The van der Waals surface area contributed by atoms with Gasteiger partial charge in [0, 0.05) is 33.4 Å². The van der Waals surface area contributed by atoms with Gasteiger partial charge in [0.15, 0.2) is 0 Å². The van der Waals surface area contributed by atoms with Crippen molar-refractivity contribution in [2.45, 2.75) is 0 Å². The van der Waals surface area contributed by atoms with Gasteiger partial charge in [-0.05, 0) is 93.5 Å². The number of anilines is 3. The Morgan fingerprint density at radius 2 is 0.696 bits per heavy atom. The Morgan fingerprint density at radius 1 is 0.268 bits per heavy atom. The quantitative estimate of drug-likeness (QED) is 0.152. The highest BCUT2D eigenvalue weighted by atomic mass is 15.1. The molecule has 264 valence electrons. The van der Waals surface area contributed by atoms with Crippen LogP contribution in [-0.4, -0.2) is 4.57 Å². The minimum absolute atomic E-state index is 1.09. The first-order chi connectivity index (χ1) is 27.8. The molecule has 9 aromatic carbocycles. The maximum Gasteiger partial charge on any atom is 0.0541 e. The van der Waals surface area contributed by atoms with Gasteiger partial charge in [-0.15, -0.1) is 0 Å². The van der Waals surface area contributed by atoms with Gasteiger partial charge in [-0.1, -0.05) is 176 Å². The molecule has 10 rings (SSSR count). The molecule has 0 radical (unpaired) electrons. The lowest BCUT2D eigenvalue weighted by atomic mass is 9.94. The molecule has 10 aromatic rings. The molecule has 0 saturated heterocycles. The van der Waals surface area contributed by atoms with Crippen molar-refractivity contribution in [3.8, 4) is 50.2 Å². The lowest BCUT2D eigenvalue weighted by Gasteiger charge is -2.27. The van der Waals surface area contributed by atoms with Crippen molar-refractivity contribution in [1.82, 2.24) is 4.57 Å². The molecule has 0 fully saturated rings. The van der Waals surface area contributed by atoms with Crippen molar-refractivity contribution in [1.29, 1.82) is 0 Å². The molecule has 2 heteroatoms. The van der Waals surface area contributed by atoms with E-state index in [1.165, 1.54) is 60.8 Å². The first kappa shape index (κ1) is 33.2.